The summed E-state index contributed by atoms with van der Waals surface area (Å²) in [4.78, 5) is 12.2. The number of carbonyl (C=O) groups is 1. The minimum Gasteiger partial charge on any atom is -0.508 e. The van der Waals surface area contributed by atoms with Crippen molar-refractivity contribution in [3.8, 4) is 5.75 Å². The first-order valence-corrected chi connectivity index (χ1v) is 7.19. The molecular formula is C15H20O8. The number of aliphatic hydroxyl groups excluding tert-OH is 4. The summed E-state index contributed by atoms with van der Waals surface area (Å²) >= 11 is 0. The number of aliphatic hydroxyl groups is 4. The molecule has 0 saturated carbocycles. The Labute approximate surface area is 132 Å². The molecule has 0 amide bonds. The van der Waals surface area contributed by atoms with Crippen LogP contribution in [0.1, 0.15) is 17.3 Å². The van der Waals surface area contributed by atoms with Crippen molar-refractivity contribution in [1.29, 1.82) is 0 Å². The number of carbonyl (C=O) groups excluding carboxylic acids is 1. The van der Waals surface area contributed by atoms with Crippen LogP contribution in [-0.2, 0) is 9.47 Å². The number of aromatic hydroxyl groups is 1. The highest BCUT2D eigenvalue weighted by Gasteiger charge is 2.48. The lowest BCUT2D eigenvalue weighted by Crippen LogP contribution is -2.62. The Morgan fingerprint density at radius 1 is 1.17 bits per heavy atom. The Morgan fingerprint density at radius 3 is 2.35 bits per heavy atom. The van der Waals surface area contributed by atoms with Crippen LogP contribution in [0.3, 0.4) is 0 Å². The molecule has 1 aromatic carbocycles. The highest BCUT2D eigenvalue weighted by atomic mass is 16.7. The molecule has 0 radical (unpaired) electrons. The van der Waals surface area contributed by atoms with Gasteiger partial charge in [-0.25, -0.2) is 0 Å². The second-order valence-electron chi connectivity index (χ2n) is 5.25. The molecule has 6 atom stereocenters. The third kappa shape index (κ3) is 3.69. The summed E-state index contributed by atoms with van der Waals surface area (Å²) in [6, 6.07) is 5.17. The van der Waals surface area contributed by atoms with E-state index < -0.39 is 42.6 Å². The van der Waals surface area contributed by atoms with Crippen molar-refractivity contribution in [2.75, 3.05) is 6.61 Å². The fourth-order valence-electron chi connectivity index (χ4n) is 2.38. The van der Waals surface area contributed by atoms with Crippen LogP contribution in [-0.4, -0.2) is 74.7 Å². The quantitative estimate of drug-likeness (QED) is 0.424. The van der Waals surface area contributed by atoms with E-state index in [0.29, 0.717) is 0 Å². The van der Waals surface area contributed by atoms with E-state index in [4.69, 9.17) is 9.47 Å². The molecule has 128 valence electrons. The van der Waals surface area contributed by atoms with Gasteiger partial charge in [-0.1, -0.05) is 0 Å². The molecule has 1 aliphatic heterocycles. The minimum atomic E-state index is -1.78. The van der Waals surface area contributed by atoms with Crippen molar-refractivity contribution in [3.05, 3.63) is 29.8 Å². The maximum atomic E-state index is 12.2. The first kappa shape index (κ1) is 17.8. The van der Waals surface area contributed by atoms with Gasteiger partial charge in [0, 0.05) is 12.2 Å². The Balaban J connectivity index is 2.17. The number of hydrogen-bond acceptors (Lipinski definition) is 8. The van der Waals surface area contributed by atoms with Crippen LogP contribution in [0.2, 0.25) is 0 Å². The van der Waals surface area contributed by atoms with Gasteiger partial charge in [-0.2, -0.15) is 0 Å². The Kier molecular flexibility index (Phi) is 5.69. The summed E-state index contributed by atoms with van der Waals surface area (Å²) in [5.74, 6) is -0.798. The molecule has 0 bridgehead atoms. The van der Waals surface area contributed by atoms with Gasteiger partial charge < -0.3 is 35.0 Å². The van der Waals surface area contributed by atoms with Crippen LogP contribution in [0.25, 0.3) is 0 Å². The monoisotopic (exact) mass is 328 g/mol. The van der Waals surface area contributed by atoms with Crippen LogP contribution in [0.4, 0.5) is 0 Å². The van der Waals surface area contributed by atoms with E-state index in [1.165, 1.54) is 24.3 Å². The number of phenolic OH excluding ortho intramolecular Hbond substituents is 1. The molecule has 0 aromatic heterocycles. The normalized spacial score (nSPS) is 32.5. The lowest BCUT2D eigenvalue weighted by Gasteiger charge is -2.41. The molecule has 2 rings (SSSR count). The van der Waals surface area contributed by atoms with E-state index in [1.807, 2.05) is 0 Å². The van der Waals surface area contributed by atoms with Gasteiger partial charge in [0.05, 0.1) is 0 Å². The molecule has 1 aromatic rings. The largest absolute Gasteiger partial charge is 0.508 e. The first-order valence-electron chi connectivity index (χ1n) is 7.19. The summed E-state index contributed by atoms with van der Waals surface area (Å²) < 4.78 is 10.3. The molecule has 0 aliphatic carbocycles. The molecule has 1 heterocycles. The number of phenols is 1. The molecular weight excluding hydrogens is 308 g/mol. The summed E-state index contributed by atoms with van der Waals surface area (Å²) in [6.45, 7) is 1.81. The van der Waals surface area contributed by atoms with Crippen LogP contribution in [0.15, 0.2) is 24.3 Å². The number of ether oxygens (including phenoxy) is 2. The lowest BCUT2D eigenvalue weighted by molar-refractivity contribution is -0.305. The molecule has 0 spiro atoms. The van der Waals surface area contributed by atoms with E-state index >= 15 is 0 Å². The smallest absolute Gasteiger partial charge is 0.194 e. The predicted octanol–water partition coefficient (Wildman–Crippen LogP) is -1.22. The van der Waals surface area contributed by atoms with Crippen LogP contribution in [0, 0.1) is 0 Å². The number of benzene rings is 1. The molecule has 23 heavy (non-hydrogen) atoms. The standard InChI is InChI=1S/C15H20O8/c1-2-22-15-13(21)10(18)12(20)14(23-15)11(19)9(17)7-3-5-8(16)6-4-7/h3-6,10-16,18-21H,2H2,1H3. The van der Waals surface area contributed by atoms with Gasteiger partial charge in [-0.05, 0) is 31.2 Å². The lowest BCUT2D eigenvalue weighted by atomic mass is 9.91. The molecule has 6 unspecified atom stereocenters. The van der Waals surface area contributed by atoms with Gasteiger partial charge in [0.15, 0.2) is 12.1 Å². The van der Waals surface area contributed by atoms with Crippen molar-refractivity contribution in [1.82, 2.24) is 0 Å². The van der Waals surface area contributed by atoms with Gasteiger partial charge in [-0.15, -0.1) is 0 Å². The van der Waals surface area contributed by atoms with Crippen LogP contribution in [0.5, 0.6) is 5.75 Å². The average Bonchev–Trinajstić information content (AvgIpc) is 2.55. The topological polar surface area (TPSA) is 137 Å². The molecule has 8 heteroatoms. The first-order chi connectivity index (χ1) is 10.9. The highest BCUT2D eigenvalue weighted by Crippen LogP contribution is 2.25. The van der Waals surface area contributed by atoms with Crippen LogP contribution < -0.4 is 0 Å². The SMILES string of the molecule is CCOC1OC(C(O)C(=O)c2ccc(O)cc2)C(O)C(O)C1O. The number of hydrogen-bond donors (Lipinski definition) is 5. The Bertz CT molecular complexity index is 531. The predicted molar refractivity (Wildman–Crippen MR) is 76.8 cm³/mol. The second kappa shape index (κ2) is 7.35. The summed E-state index contributed by atoms with van der Waals surface area (Å²) in [5, 5.41) is 49.0. The second-order valence-corrected chi connectivity index (χ2v) is 5.25. The molecule has 1 aliphatic rings. The van der Waals surface area contributed by atoms with E-state index in [2.05, 4.69) is 0 Å². The Morgan fingerprint density at radius 2 is 1.78 bits per heavy atom. The minimum absolute atomic E-state index is 0.0417. The summed E-state index contributed by atoms with van der Waals surface area (Å²) in [7, 11) is 0. The van der Waals surface area contributed by atoms with Gasteiger partial charge in [-0.3, -0.25) is 4.79 Å². The molecule has 1 fully saturated rings. The fraction of sp³-hybridized carbons (Fsp3) is 0.533. The van der Waals surface area contributed by atoms with Crippen molar-refractivity contribution in [3.63, 3.8) is 0 Å². The van der Waals surface area contributed by atoms with Gasteiger partial charge >= 0.3 is 0 Å². The van der Waals surface area contributed by atoms with E-state index in [9.17, 15) is 30.3 Å². The van der Waals surface area contributed by atoms with Gasteiger partial charge in [0.1, 0.15) is 36.3 Å². The van der Waals surface area contributed by atoms with Gasteiger partial charge in [0.2, 0.25) is 0 Å². The van der Waals surface area contributed by atoms with E-state index in [0.717, 1.165) is 0 Å². The molecule has 1 saturated heterocycles. The van der Waals surface area contributed by atoms with Crippen LogP contribution >= 0.6 is 0 Å². The highest BCUT2D eigenvalue weighted by molar-refractivity contribution is 5.99. The summed E-state index contributed by atoms with van der Waals surface area (Å²) in [6.07, 6.45) is -9.32. The maximum absolute atomic E-state index is 12.2. The summed E-state index contributed by atoms with van der Waals surface area (Å²) in [5.41, 5.74) is 0.0969. The molecule has 8 nitrogen and oxygen atoms in total. The zero-order valence-electron chi connectivity index (χ0n) is 12.4. The zero-order chi connectivity index (χ0) is 17.1. The number of Topliss-reactive ketones (excluding diaryl/α,β-unsaturated/α-hetero) is 1. The number of ketones is 1. The zero-order valence-corrected chi connectivity index (χ0v) is 12.4. The van der Waals surface area contributed by atoms with Gasteiger partial charge in [0.25, 0.3) is 0 Å². The maximum Gasteiger partial charge on any atom is 0.194 e. The fourth-order valence-corrected chi connectivity index (χ4v) is 2.38. The molecule has 5 N–H and O–H groups in total. The third-order valence-electron chi connectivity index (χ3n) is 3.67. The van der Waals surface area contributed by atoms with E-state index in [-0.39, 0.29) is 17.9 Å². The number of rotatable bonds is 5. The van der Waals surface area contributed by atoms with Crippen molar-refractivity contribution < 1.29 is 39.8 Å². The van der Waals surface area contributed by atoms with E-state index in [1.54, 1.807) is 6.92 Å². The average molecular weight is 328 g/mol. The van der Waals surface area contributed by atoms with Crippen molar-refractivity contribution in [2.45, 2.75) is 43.7 Å². The van der Waals surface area contributed by atoms with Crippen molar-refractivity contribution >= 4 is 5.78 Å². The third-order valence-corrected chi connectivity index (χ3v) is 3.67. The Hall–Kier alpha value is -1.55. The van der Waals surface area contributed by atoms with Crippen molar-refractivity contribution in [2.24, 2.45) is 0 Å².